The van der Waals surface area contributed by atoms with Crippen LogP contribution in [-0.4, -0.2) is 42.1 Å². The maximum atomic E-state index is 12.4. The lowest BCUT2D eigenvalue weighted by molar-refractivity contribution is -0.147. The Labute approximate surface area is 111 Å². The predicted octanol–water partition coefficient (Wildman–Crippen LogP) is 1.63. The molecule has 1 N–H and O–H groups in total. The highest BCUT2D eigenvalue weighted by Gasteiger charge is 2.42. The zero-order chi connectivity index (χ0) is 14.0. The summed E-state index contributed by atoms with van der Waals surface area (Å²) in [6.45, 7) is 2.36. The largest absolute Gasteiger partial charge is 0.496 e. The quantitative estimate of drug-likeness (QED) is 0.900. The van der Waals surface area contributed by atoms with Crippen LogP contribution >= 0.6 is 0 Å². The summed E-state index contributed by atoms with van der Waals surface area (Å²) in [7, 11) is 1.51. The van der Waals surface area contributed by atoms with E-state index in [0.717, 1.165) is 0 Å². The number of hydrogen-bond acceptors (Lipinski definition) is 3. The van der Waals surface area contributed by atoms with Crippen molar-refractivity contribution in [3.63, 3.8) is 0 Å². The lowest BCUT2D eigenvalue weighted by atomic mass is 9.90. The summed E-state index contributed by atoms with van der Waals surface area (Å²) in [5.74, 6) is -0.526. The van der Waals surface area contributed by atoms with Gasteiger partial charge in [-0.2, -0.15) is 0 Å². The van der Waals surface area contributed by atoms with Gasteiger partial charge < -0.3 is 14.7 Å². The zero-order valence-corrected chi connectivity index (χ0v) is 11.0. The van der Waals surface area contributed by atoms with Crippen LogP contribution in [0.25, 0.3) is 0 Å². The van der Waals surface area contributed by atoms with Crippen LogP contribution in [0.2, 0.25) is 0 Å². The SMILES string of the molecule is COc1ccccc1C(=O)N1CCC(C)(C(=O)O)C1. The van der Waals surface area contributed by atoms with Gasteiger partial charge in [-0.3, -0.25) is 9.59 Å². The highest BCUT2D eigenvalue weighted by Crippen LogP contribution is 2.32. The number of para-hydroxylation sites is 1. The van der Waals surface area contributed by atoms with E-state index in [1.807, 2.05) is 0 Å². The Kier molecular flexibility index (Phi) is 3.46. The summed E-state index contributed by atoms with van der Waals surface area (Å²) >= 11 is 0. The number of benzene rings is 1. The first-order valence-electron chi connectivity index (χ1n) is 6.13. The first kappa shape index (κ1) is 13.4. The van der Waals surface area contributed by atoms with Crippen LogP contribution in [0.3, 0.4) is 0 Å². The van der Waals surface area contributed by atoms with Crippen molar-refractivity contribution in [1.29, 1.82) is 0 Å². The Morgan fingerprint density at radius 1 is 1.37 bits per heavy atom. The summed E-state index contributed by atoms with van der Waals surface area (Å²) in [5.41, 5.74) is -0.378. The normalized spacial score (nSPS) is 22.3. The van der Waals surface area contributed by atoms with E-state index in [4.69, 9.17) is 4.74 Å². The standard InChI is InChI=1S/C14H17NO4/c1-14(13(17)18)7-8-15(9-14)12(16)10-5-3-4-6-11(10)19-2/h3-6H,7-9H2,1-2H3,(H,17,18). The first-order chi connectivity index (χ1) is 8.98. The van der Waals surface area contributed by atoms with Gasteiger partial charge in [-0.25, -0.2) is 0 Å². The van der Waals surface area contributed by atoms with Gasteiger partial charge in [0.05, 0.1) is 18.1 Å². The molecule has 1 aliphatic heterocycles. The molecule has 1 aromatic rings. The molecule has 0 spiro atoms. The number of methoxy groups -OCH3 is 1. The Balaban J connectivity index is 2.20. The second-order valence-electron chi connectivity index (χ2n) is 5.04. The molecular weight excluding hydrogens is 246 g/mol. The van der Waals surface area contributed by atoms with Gasteiger partial charge in [0.2, 0.25) is 0 Å². The minimum absolute atomic E-state index is 0.178. The number of ether oxygens (including phenoxy) is 1. The minimum Gasteiger partial charge on any atom is -0.496 e. The number of likely N-dealkylation sites (tertiary alicyclic amines) is 1. The first-order valence-corrected chi connectivity index (χ1v) is 6.13. The van der Waals surface area contributed by atoms with Crippen molar-refractivity contribution in [2.45, 2.75) is 13.3 Å². The van der Waals surface area contributed by atoms with Gasteiger partial charge in [-0.15, -0.1) is 0 Å². The smallest absolute Gasteiger partial charge is 0.311 e. The molecule has 1 aromatic carbocycles. The third kappa shape index (κ3) is 2.41. The van der Waals surface area contributed by atoms with E-state index in [2.05, 4.69) is 0 Å². The second kappa shape index (κ2) is 4.91. The molecule has 0 aromatic heterocycles. The molecular formula is C14H17NO4. The van der Waals surface area contributed by atoms with Crippen molar-refractivity contribution in [2.24, 2.45) is 5.41 Å². The average molecular weight is 263 g/mol. The van der Waals surface area contributed by atoms with Crippen molar-refractivity contribution in [1.82, 2.24) is 4.90 Å². The number of carboxylic acids is 1. The second-order valence-corrected chi connectivity index (χ2v) is 5.04. The molecule has 1 unspecified atom stereocenters. The number of nitrogens with zero attached hydrogens (tertiary/aromatic N) is 1. The number of carboxylic acid groups (broad SMARTS) is 1. The number of amides is 1. The summed E-state index contributed by atoms with van der Waals surface area (Å²) in [4.78, 5) is 25.2. The van der Waals surface area contributed by atoms with Crippen LogP contribution in [0.1, 0.15) is 23.7 Å². The Bertz CT molecular complexity index is 514. The summed E-state index contributed by atoms with van der Waals surface area (Å²) < 4.78 is 5.16. The molecule has 2 rings (SSSR count). The van der Waals surface area contributed by atoms with Gasteiger partial charge in [0.1, 0.15) is 5.75 Å². The van der Waals surface area contributed by atoms with E-state index < -0.39 is 11.4 Å². The van der Waals surface area contributed by atoms with Crippen LogP contribution in [0.4, 0.5) is 0 Å². The van der Waals surface area contributed by atoms with Crippen molar-refractivity contribution in [2.75, 3.05) is 20.2 Å². The molecule has 0 saturated carbocycles. The molecule has 1 saturated heterocycles. The Hall–Kier alpha value is -2.04. The van der Waals surface area contributed by atoms with E-state index >= 15 is 0 Å². The fourth-order valence-corrected chi connectivity index (χ4v) is 2.30. The van der Waals surface area contributed by atoms with Crippen molar-refractivity contribution < 1.29 is 19.4 Å². The monoisotopic (exact) mass is 263 g/mol. The molecule has 1 fully saturated rings. The summed E-state index contributed by atoms with van der Waals surface area (Å²) in [5, 5.41) is 9.18. The van der Waals surface area contributed by atoms with Gasteiger partial charge in [0.25, 0.3) is 5.91 Å². The fraction of sp³-hybridized carbons (Fsp3) is 0.429. The van der Waals surface area contributed by atoms with Crippen LogP contribution in [-0.2, 0) is 4.79 Å². The van der Waals surface area contributed by atoms with Crippen molar-refractivity contribution in [3.05, 3.63) is 29.8 Å². The van der Waals surface area contributed by atoms with E-state index in [9.17, 15) is 14.7 Å². The number of rotatable bonds is 3. The van der Waals surface area contributed by atoms with E-state index in [-0.39, 0.29) is 12.5 Å². The van der Waals surface area contributed by atoms with Gasteiger partial charge in [-0.05, 0) is 25.5 Å². The van der Waals surface area contributed by atoms with Crippen LogP contribution < -0.4 is 4.74 Å². The molecule has 1 heterocycles. The molecule has 0 radical (unpaired) electrons. The van der Waals surface area contributed by atoms with Crippen LogP contribution in [0.5, 0.6) is 5.75 Å². The van der Waals surface area contributed by atoms with Gasteiger partial charge in [-0.1, -0.05) is 12.1 Å². The van der Waals surface area contributed by atoms with Gasteiger partial charge in [0, 0.05) is 13.1 Å². The number of carbonyl (C=O) groups excluding carboxylic acids is 1. The summed E-state index contributed by atoms with van der Waals surface area (Å²) in [6, 6.07) is 6.97. The lowest BCUT2D eigenvalue weighted by Gasteiger charge is -2.21. The molecule has 1 aliphatic rings. The number of hydrogen-bond donors (Lipinski definition) is 1. The van der Waals surface area contributed by atoms with Gasteiger partial charge >= 0.3 is 5.97 Å². The molecule has 19 heavy (non-hydrogen) atoms. The molecule has 102 valence electrons. The van der Waals surface area contributed by atoms with Crippen molar-refractivity contribution >= 4 is 11.9 Å². The zero-order valence-electron chi connectivity index (χ0n) is 11.0. The Morgan fingerprint density at radius 2 is 2.05 bits per heavy atom. The summed E-state index contributed by atoms with van der Waals surface area (Å²) in [6.07, 6.45) is 0.475. The molecule has 1 amide bonds. The van der Waals surface area contributed by atoms with Gasteiger partial charge in [0.15, 0.2) is 0 Å². The van der Waals surface area contributed by atoms with E-state index in [1.54, 1.807) is 36.1 Å². The fourth-order valence-electron chi connectivity index (χ4n) is 2.30. The highest BCUT2D eigenvalue weighted by molar-refractivity contribution is 5.97. The van der Waals surface area contributed by atoms with E-state index in [0.29, 0.717) is 24.3 Å². The molecule has 0 bridgehead atoms. The Morgan fingerprint density at radius 3 is 2.63 bits per heavy atom. The van der Waals surface area contributed by atoms with Crippen LogP contribution in [0, 0.1) is 5.41 Å². The average Bonchev–Trinajstić information content (AvgIpc) is 2.82. The topological polar surface area (TPSA) is 66.8 Å². The van der Waals surface area contributed by atoms with Crippen molar-refractivity contribution in [3.8, 4) is 5.75 Å². The van der Waals surface area contributed by atoms with Crippen LogP contribution in [0.15, 0.2) is 24.3 Å². The maximum Gasteiger partial charge on any atom is 0.311 e. The highest BCUT2D eigenvalue weighted by atomic mass is 16.5. The number of carbonyl (C=O) groups is 2. The lowest BCUT2D eigenvalue weighted by Crippen LogP contribution is -2.35. The third-order valence-electron chi connectivity index (χ3n) is 3.61. The molecule has 1 atom stereocenters. The maximum absolute atomic E-state index is 12.4. The third-order valence-corrected chi connectivity index (χ3v) is 3.61. The molecule has 0 aliphatic carbocycles. The molecule has 5 nitrogen and oxygen atoms in total. The minimum atomic E-state index is -0.858. The molecule has 5 heteroatoms. The number of aliphatic carboxylic acids is 1. The predicted molar refractivity (Wildman–Crippen MR) is 69.3 cm³/mol. The van der Waals surface area contributed by atoms with E-state index in [1.165, 1.54) is 7.11 Å².